The Bertz CT molecular complexity index is 1550. The van der Waals surface area contributed by atoms with Crippen molar-refractivity contribution in [3.05, 3.63) is 94.0 Å². The largest absolute Gasteiger partial charge is 0.462 e. The predicted molar refractivity (Wildman–Crippen MR) is 148 cm³/mol. The van der Waals surface area contributed by atoms with E-state index in [0.717, 1.165) is 47.4 Å². The second-order valence-corrected chi connectivity index (χ2v) is 9.94. The Morgan fingerprint density at radius 2 is 1.82 bits per heavy atom. The second kappa shape index (κ2) is 11.3. The summed E-state index contributed by atoms with van der Waals surface area (Å²) < 4.78 is 7.02. The number of anilines is 1. The van der Waals surface area contributed by atoms with Crippen LogP contribution >= 0.6 is 11.3 Å². The van der Waals surface area contributed by atoms with Gasteiger partial charge in [-0.3, -0.25) is 4.79 Å². The van der Waals surface area contributed by atoms with Crippen LogP contribution in [0.25, 0.3) is 23.0 Å². The maximum atomic E-state index is 13.3. The Labute approximate surface area is 225 Å². The van der Waals surface area contributed by atoms with Gasteiger partial charge in [0.15, 0.2) is 0 Å². The molecule has 38 heavy (non-hydrogen) atoms. The van der Waals surface area contributed by atoms with Crippen molar-refractivity contribution in [2.75, 3.05) is 11.9 Å². The fraction of sp³-hybridized carbons (Fsp3) is 0.200. The first-order chi connectivity index (χ1) is 18.6. The number of thiophene rings is 1. The molecule has 0 unspecified atom stereocenters. The number of fused-ring (bicyclic) bond motifs is 1. The zero-order valence-corrected chi connectivity index (χ0v) is 21.8. The van der Waals surface area contributed by atoms with Crippen molar-refractivity contribution < 1.29 is 14.3 Å². The van der Waals surface area contributed by atoms with E-state index in [2.05, 4.69) is 5.32 Å². The van der Waals surface area contributed by atoms with Crippen LogP contribution in [0.3, 0.4) is 0 Å². The quantitative estimate of drug-likeness (QED) is 0.177. The summed E-state index contributed by atoms with van der Waals surface area (Å²) >= 11 is 1.39. The molecule has 4 aromatic rings. The summed E-state index contributed by atoms with van der Waals surface area (Å²) in [4.78, 5) is 27.2. The lowest BCUT2D eigenvalue weighted by atomic mass is 9.95. The van der Waals surface area contributed by atoms with Crippen LogP contribution in [-0.4, -0.2) is 28.3 Å². The lowest BCUT2D eigenvalue weighted by Gasteiger charge is -2.12. The number of nitrogens with zero attached hydrogens (tertiary/aromatic N) is 3. The van der Waals surface area contributed by atoms with Gasteiger partial charge in [0.2, 0.25) is 0 Å². The van der Waals surface area contributed by atoms with Crippen LogP contribution in [-0.2, 0) is 22.4 Å². The third kappa shape index (κ3) is 5.15. The molecule has 0 spiro atoms. The predicted octanol–water partition coefficient (Wildman–Crippen LogP) is 6.20. The Balaban J connectivity index is 1.52. The van der Waals surface area contributed by atoms with Crippen molar-refractivity contribution >= 4 is 34.3 Å². The second-order valence-electron chi connectivity index (χ2n) is 8.84. The van der Waals surface area contributed by atoms with Gasteiger partial charge in [-0.1, -0.05) is 48.5 Å². The number of benzene rings is 2. The third-order valence-electron chi connectivity index (χ3n) is 6.35. The minimum absolute atomic E-state index is 0.0871. The first-order valence-electron chi connectivity index (χ1n) is 12.5. The molecule has 1 amide bonds. The summed E-state index contributed by atoms with van der Waals surface area (Å²) in [5.41, 5.74) is 4.27. The molecular weight excluding hydrogens is 496 g/mol. The number of aryl methyl sites for hydroxylation is 1. The Morgan fingerprint density at radius 1 is 1.11 bits per heavy atom. The number of nitriles is 1. The van der Waals surface area contributed by atoms with Gasteiger partial charge in [0, 0.05) is 22.2 Å². The highest BCUT2D eigenvalue weighted by atomic mass is 32.1. The number of esters is 1. The third-order valence-corrected chi connectivity index (χ3v) is 7.56. The van der Waals surface area contributed by atoms with Gasteiger partial charge in [0.05, 0.1) is 23.6 Å². The van der Waals surface area contributed by atoms with Crippen molar-refractivity contribution in [3.8, 4) is 23.0 Å². The molecule has 1 aliphatic rings. The maximum Gasteiger partial charge on any atom is 0.341 e. The molecule has 0 saturated carbocycles. The lowest BCUT2D eigenvalue weighted by molar-refractivity contribution is -0.112. The van der Waals surface area contributed by atoms with Gasteiger partial charge in [-0.25, -0.2) is 9.48 Å². The van der Waals surface area contributed by atoms with E-state index in [1.165, 1.54) is 11.3 Å². The highest BCUT2D eigenvalue weighted by Crippen LogP contribution is 2.39. The van der Waals surface area contributed by atoms with Crippen molar-refractivity contribution in [1.82, 2.24) is 9.78 Å². The van der Waals surface area contributed by atoms with Crippen molar-refractivity contribution in [2.24, 2.45) is 0 Å². The monoisotopic (exact) mass is 522 g/mol. The molecule has 0 radical (unpaired) electrons. The number of aromatic nitrogens is 2. The number of amides is 1. The first-order valence-corrected chi connectivity index (χ1v) is 13.4. The van der Waals surface area contributed by atoms with Crippen LogP contribution in [0.4, 0.5) is 5.00 Å². The van der Waals surface area contributed by atoms with Gasteiger partial charge >= 0.3 is 5.97 Å². The van der Waals surface area contributed by atoms with Crippen LogP contribution < -0.4 is 5.32 Å². The molecule has 190 valence electrons. The minimum atomic E-state index is -0.580. The van der Waals surface area contributed by atoms with E-state index in [-0.39, 0.29) is 12.2 Å². The number of para-hydroxylation sites is 1. The number of hydrogen-bond donors (Lipinski definition) is 1. The van der Waals surface area contributed by atoms with E-state index in [4.69, 9.17) is 9.84 Å². The van der Waals surface area contributed by atoms with Gasteiger partial charge in [-0.2, -0.15) is 10.4 Å². The Hall–Kier alpha value is -4.48. The molecule has 0 fully saturated rings. The van der Waals surface area contributed by atoms with E-state index in [9.17, 15) is 14.9 Å². The van der Waals surface area contributed by atoms with Gasteiger partial charge in [-0.05, 0) is 56.4 Å². The summed E-state index contributed by atoms with van der Waals surface area (Å²) in [5.74, 6) is -1.02. The Morgan fingerprint density at radius 3 is 2.53 bits per heavy atom. The average Bonchev–Trinajstić information content (AvgIpc) is 3.54. The molecule has 2 aromatic heterocycles. The summed E-state index contributed by atoms with van der Waals surface area (Å²) in [7, 11) is 0. The molecular formula is C30H26N4O3S. The molecule has 0 saturated heterocycles. The number of rotatable bonds is 7. The number of carbonyl (C=O) groups is 2. The first kappa shape index (κ1) is 25.2. The average molecular weight is 523 g/mol. The van der Waals surface area contributed by atoms with Gasteiger partial charge in [-0.15, -0.1) is 11.3 Å². The van der Waals surface area contributed by atoms with E-state index in [1.807, 2.05) is 66.7 Å². The summed E-state index contributed by atoms with van der Waals surface area (Å²) in [6.07, 6.45) is 7.01. The van der Waals surface area contributed by atoms with E-state index in [1.54, 1.807) is 23.9 Å². The molecule has 2 heterocycles. The SMILES string of the molecule is CCOC(=O)c1c(NC(=O)C(C#N)=Cc2cn(-c3ccccc3)nc2-c2ccccc2)sc2c1CCCC2. The zero-order chi connectivity index (χ0) is 26.5. The van der Waals surface area contributed by atoms with Crippen LogP contribution in [0.15, 0.2) is 72.4 Å². The highest BCUT2D eigenvalue weighted by molar-refractivity contribution is 7.17. The van der Waals surface area contributed by atoms with Crippen LogP contribution in [0.1, 0.15) is 46.1 Å². The standard InChI is InChI=1S/C30H26N4O3S/c1-2-37-30(36)26-24-15-9-10-16-25(24)38-29(26)32-28(35)21(18-31)17-22-19-34(23-13-7-4-8-14-23)33-27(22)20-11-5-3-6-12-20/h3-8,11-14,17,19H,2,9-10,15-16H2,1H3,(H,32,35). The molecule has 1 N–H and O–H groups in total. The van der Waals surface area contributed by atoms with Crippen LogP contribution in [0, 0.1) is 11.3 Å². The van der Waals surface area contributed by atoms with Crippen molar-refractivity contribution in [2.45, 2.75) is 32.6 Å². The highest BCUT2D eigenvalue weighted by Gasteiger charge is 2.28. The van der Waals surface area contributed by atoms with E-state index in [0.29, 0.717) is 21.8 Å². The normalized spacial score (nSPS) is 12.9. The molecule has 7 nitrogen and oxygen atoms in total. The van der Waals surface area contributed by atoms with Gasteiger partial charge < -0.3 is 10.1 Å². The smallest absolute Gasteiger partial charge is 0.341 e. The van der Waals surface area contributed by atoms with Gasteiger partial charge in [0.25, 0.3) is 5.91 Å². The molecule has 0 aliphatic heterocycles. The summed E-state index contributed by atoms with van der Waals surface area (Å²) in [5, 5.41) is 18.0. The topological polar surface area (TPSA) is 97.0 Å². The van der Waals surface area contributed by atoms with E-state index >= 15 is 0 Å². The van der Waals surface area contributed by atoms with E-state index < -0.39 is 11.9 Å². The van der Waals surface area contributed by atoms with Crippen LogP contribution in [0.2, 0.25) is 0 Å². The summed E-state index contributed by atoms with van der Waals surface area (Å²) in [6, 6.07) is 21.3. The maximum absolute atomic E-state index is 13.3. The summed E-state index contributed by atoms with van der Waals surface area (Å²) in [6.45, 7) is 2.00. The van der Waals surface area contributed by atoms with Gasteiger partial charge in [0.1, 0.15) is 16.6 Å². The molecule has 1 aliphatic carbocycles. The molecule has 5 rings (SSSR count). The fourth-order valence-electron chi connectivity index (χ4n) is 4.57. The molecule has 0 bridgehead atoms. The molecule has 2 aromatic carbocycles. The zero-order valence-electron chi connectivity index (χ0n) is 20.9. The Kier molecular flexibility index (Phi) is 7.47. The minimum Gasteiger partial charge on any atom is -0.462 e. The van der Waals surface area contributed by atoms with Crippen LogP contribution in [0.5, 0.6) is 0 Å². The number of carbonyl (C=O) groups excluding carboxylic acids is 2. The number of nitrogens with one attached hydrogen (secondary N) is 1. The molecule has 0 atom stereocenters. The number of hydrogen-bond acceptors (Lipinski definition) is 6. The number of ether oxygens (including phenoxy) is 1. The fourth-order valence-corrected chi connectivity index (χ4v) is 5.85. The van der Waals surface area contributed by atoms with Crippen molar-refractivity contribution in [1.29, 1.82) is 5.26 Å². The molecule has 8 heteroatoms. The lowest BCUT2D eigenvalue weighted by Crippen LogP contribution is -2.16. The van der Waals surface area contributed by atoms with Crippen molar-refractivity contribution in [3.63, 3.8) is 0 Å².